The SMILES string of the molecule is c1cnc2ccc(Nc3nc(C4CCC4)c4nc[nH]c4n3)cc2c1. The summed E-state index contributed by atoms with van der Waals surface area (Å²) in [6, 6.07) is 10.0. The van der Waals surface area contributed by atoms with E-state index in [1.54, 1.807) is 12.5 Å². The first-order chi connectivity index (χ1) is 11.9. The first-order valence-electron chi connectivity index (χ1n) is 8.20. The predicted octanol–water partition coefficient (Wildman–Crippen LogP) is 3.91. The van der Waals surface area contributed by atoms with E-state index in [4.69, 9.17) is 4.98 Å². The van der Waals surface area contributed by atoms with Gasteiger partial charge in [-0.1, -0.05) is 12.5 Å². The zero-order valence-electron chi connectivity index (χ0n) is 13.0. The topological polar surface area (TPSA) is 79.4 Å². The molecule has 3 heterocycles. The molecule has 3 aromatic heterocycles. The molecule has 1 saturated carbocycles. The van der Waals surface area contributed by atoms with Crippen LogP contribution in [0.3, 0.4) is 0 Å². The Morgan fingerprint density at radius 1 is 1.08 bits per heavy atom. The summed E-state index contributed by atoms with van der Waals surface area (Å²) in [6.45, 7) is 0. The summed E-state index contributed by atoms with van der Waals surface area (Å²) in [4.78, 5) is 21.2. The lowest BCUT2D eigenvalue weighted by Crippen LogP contribution is -2.13. The average molecular weight is 316 g/mol. The van der Waals surface area contributed by atoms with Gasteiger partial charge in [-0.2, -0.15) is 4.98 Å². The van der Waals surface area contributed by atoms with Crippen LogP contribution in [-0.2, 0) is 0 Å². The minimum absolute atomic E-state index is 0.500. The zero-order chi connectivity index (χ0) is 15.9. The first-order valence-corrected chi connectivity index (χ1v) is 8.20. The van der Waals surface area contributed by atoms with Gasteiger partial charge in [0, 0.05) is 23.2 Å². The standard InChI is InChI=1S/C18H16N6/c1-3-11(4-1)15-16-17(21-10-20-16)24-18(23-15)22-13-6-7-14-12(9-13)5-2-8-19-14/h2,5-11H,1,3-4H2,(H2,20,21,22,23,24). The predicted molar refractivity (Wildman–Crippen MR) is 93.3 cm³/mol. The van der Waals surface area contributed by atoms with E-state index in [0.29, 0.717) is 11.9 Å². The Hall–Kier alpha value is -3.02. The van der Waals surface area contributed by atoms with Crippen molar-refractivity contribution in [3.63, 3.8) is 0 Å². The van der Waals surface area contributed by atoms with Crippen LogP contribution in [0.25, 0.3) is 22.1 Å². The molecule has 0 atom stereocenters. The molecule has 1 aliphatic carbocycles. The number of H-pyrrole nitrogens is 1. The Morgan fingerprint density at radius 2 is 2.04 bits per heavy atom. The molecular formula is C18H16N6. The summed E-state index contributed by atoms with van der Waals surface area (Å²) >= 11 is 0. The highest BCUT2D eigenvalue weighted by atomic mass is 15.1. The Bertz CT molecular complexity index is 1030. The van der Waals surface area contributed by atoms with Crippen LogP contribution in [-0.4, -0.2) is 24.9 Å². The number of aromatic nitrogens is 5. The molecule has 6 heteroatoms. The van der Waals surface area contributed by atoms with Gasteiger partial charge in [0.15, 0.2) is 5.65 Å². The lowest BCUT2D eigenvalue weighted by Gasteiger charge is -2.25. The van der Waals surface area contributed by atoms with Crippen molar-refractivity contribution in [2.24, 2.45) is 0 Å². The quantitative estimate of drug-likeness (QED) is 0.599. The molecule has 0 amide bonds. The molecule has 0 bridgehead atoms. The zero-order valence-corrected chi connectivity index (χ0v) is 13.0. The van der Waals surface area contributed by atoms with E-state index in [1.807, 2.05) is 24.3 Å². The van der Waals surface area contributed by atoms with Crippen molar-refractivity contribution in [3.8, 4) is 0 Å². The highest BCUT2D eigenvalue weighted by Gasteiger charge is 2.25. The molecule has 0 radical (unpaired) electrons. The fourth-order valence-electron chi connectivity index (χ4n) is 3.16. The van der Waals surface area contributed by atoms with Crippen molar-refractivity contribution in [2.45, 2.75) is 25.2 Å². The van der Waals surface area contributed by atoms with Crippen LogP contribution in [0.15, 0.2) is 42.9 Å². The van der Waals surface area contributed by atoms with Crippen molar-refractivity contribution in [1.29, 1.82) is 0 Å². The Morgan fingerprint density at radius 3 is 2.92 bits per heavy atom. The van der Waals surface area contributed by atoms with E-state index in [9.17, 15) is 0 Å². The van der Waals surface area contributed by atoms with Crippen molar-refractivity contribution < 1.29 is 0 Å². The summed E-state index contributed by atoms with van der Waals surface area (Å²) < 4.78 is 0. The van der Waals surface area contributed by atoms with E-state index < -0.39 is 0 Å². The van der Waals surface area contributed by atoms with Crippen LogP contribution < -0.4 is 5.32 Å². The van der Waals surface area contributed by atoms with Gasteiger partial charge in [0.2, 0.25) is 5.95 Å². The molecule has 0 aliphatic heterocycles. The minimum atomic E-state index is 0.500. The number of nitrogens with one attached hydrogen (secondary N) is 2. The molecule has 118 valence electrons. The maximum Gasteiger partial charge on any atom is 0.229 e. The lowest BCUT2D eigenvalue weighted by atomic mass is 9.82. The van der Waals surface area contributed by atoms with E-state index in [1.165, 1.54) is 19.3 Å². The molecular weight excluding hydrogens is 300 g/mol. The van der Waals surface area contributed by atoms with Gasteiger partial charge in [-0.3, -0.25) is 4.98 Å². The molecule has 0 unspecified atom stereocenters. The molecule has 5 rings (SSSR count). The Labute approximate surface area is 138 Å². The molecule has 6 nitrogen and oxygen atoms in total. The molecule has 1 aliphatic rings. The largest absolute Gasteiger partial charge is 0.329 e. The second-order valence-electron chi connectivity index (χ2n) is 6.20. The summed E-state index contributed by atoms with van der Waals surface area (Å²) in [5, 5.41) is 4.41. The van der Waals surface area contributed by atoms with Crippen molar-refractivity contribution in [3.05, 3.63) is 48.5 Å². The average Bonchev–Trinajstić information content (AvgIpc) is 3.02. The van der Waals surface area contributed by atoms with Crippen molar-refractivity contribution in [1.82, 2.24) is 24.9 Å². The monoisotopic (exact) mass is 316 g/mol. The van der Waals surface area contributed by atoms with Gasteiger partial charge < -0.3 is 10.3 Å². The number of nitrogens with zero attached hydrogens (tertiary/aromatic N) is 4. The molecule has 0 spiro atoms. The van der Waals surface area contributed by atoms with E-state index in [-0.39, 0.29) is 0 Å². The number of fused-ring (bicyclic) bond motifs is 2. The maximum absolute atomic E-state index is 4.75. The fourth-order valence-corrected chi connectivity index (χ4v) is 3.16. The van der Waals surface area contributed by atoms with Gasteiger partial charge in [0.05, 0.1) is 17.5 Å². The third-order valence-electron chi connectivity index (χ3n) is 4.66. The fraction of sp³-hybridized carbons (Fsp3) is 0.222. The third kappa shape index (κ3) is 2.19. The van der Waals surface area contributed by atoms with Crippen LogP contribution in [0.4, 0.5) is 11.6 Å². The normalized spacial score (nSPS) is 14.8. The second kappa shape index (κ2) is 5.26. The number of imidazole rings is 1. The number of hydrogen-bond donors (Lipinski definition) is 2. The minimum Gasteiger partial charge on any atom is -0.329 e. The molecule has 2 N–H and O–H groups in total. The summed E-state index contributed by atoms with van der Waals surface area (Å²) in [5.41, 5.74) is 4.67. The first kappa shape index (κ1) is 13.4. The van der Waals surface area contributed by atoms with Gasteiger partial charge >= 0.3 is 0 Å². The van der Waals surface area contributed by atoms with Crippen LogP contribution >= 0.6 is 0 Å². The van der Waals surface area contributed by atoms with Gasteiger partial charge in [-0.15, -0.1) is 0 Å². The Balaban J connectivity index is 1.55. The molecule has 4 aromatic rings. The second-order valence-corrected chi connectivity index (χ2v) is 6.20. The van der Waals surface area contributed by atoms with Crippen LogP contribution in [0.1, 0.15) is 30.9 Å². The third-order valence-corrected chi connectivity index (χ3v) is 4.66. The molecule has 1 fully saturated rings. The summed E-state index contributed by atoms with van der Waals surface area (Å²) in [7, 11) is 0. The highest BCUT2D eigenvalue weighted by molar-refractivity contribution is 5.83. The number of hydrogen-bond acceptors (Lipinski definition) is 5. The number of aromatic amines is 1. The van der Waals surface area contributed by atoms with E-state index >= 15 is 0 Å². The number of rotatable bonds is 3. The number of anilines is 2. The maximum atomic E-state index is 4.75. The molecule has 1 aromatic carbocycles. The Kier molecular flexibility index (Phi) is 2.94. The molecule has 24 heavy (non-hydrogen) atoms. The number of pyridine rings is 1. The molecule has 0 saturated heterocycles. The van der Waals surface area contributed by atoms with Crippen molar-refractivity contribution >= 4 is 33.7 Å². The van der Waals surface area contributed by atoms with Crippen LogP contribution in [0.5, 0.6) is 0 Å². The van der Waals surface area contributed by atoms with E-state index in [2.05, 4.69) is 31.3 Å². The lowest BCUT2D eigenvalue weighted by molar-refractivity contribution is 0.413. The summed E-state index contributed by atoms with van der Waals surface area (Å²) in [5.74, 6) is 1.11. The van der Waals surface area contributed by atoms with Crippen LogP contribution in [0, 0.1) is 0 Å². The summed E-state index contributed by atoms with van der Waals surface area (Å²) in [6.07, 6.45) is 7.11. The smallest absolute Gasteiger partial charge is 0.229 e. The van der Waals surface area contributed by atoms with E-state index in [0.717, 1.165) is 33.4 Å². The van der Waals surface area contributed by atoms with Gasteiger partial charge in [0.1, 0.15) is 5.52 Å². The van der Waals surface area contributed by atoms with Gasteiger partial charge in [0.25, 0.3) is 0 Å². The van der Waals surface area contributed by atoms with Crippen LogP contribution in [0.2, 0.25) is 0 Å². The highest BCUT2D eigenvalue weighted by Crippen LogP contribution is 2.38. The number of benzene rings is 1. The van der Waals surface area contributed by atoms with Crippen molar-refractivity contribution in [2.75, 3.05) is 5.32 Å². The van der Waals surface area contributed by atoms with Gasteiger partial charge in [-0.25, -0.2) is 9.97 Å². The van der Waals surface area contributed by atoms with Gasteiger partial charge in [-0.05, 0) is 37.1 Å².